The van der Waals surface area contributed by atoms with E-state index in [0.29, 0.717) is 19.4 Å². The molecule has 7 N–H and O–H groups in total. The van der Waals surface area contributed by atoms with E-state index in [1.165, 1.54) is 6.92 Å². The largest absolute Gasteiger partial charge is 0.480 e. The number of aliphatic carboxylic acids is 1. The van der Waals surface area contributed by atoms with Gasteiger partial charge in [0.15, 0.2) is 0 Å². The van der Waals surface area contributed by atoms with Gasteiger partial charge in [-0.2, -0.15) is 0 Å². The molecule has 0 saturated heterocycles. The van der Waals surface area contributed by atoms with Gasteiger partial charge < -0.3 is 27.2 Å². The highest BCUT2D eigenvalue weighted by Gasteiger charge is 2.21. The van der Waals surface area contributed by atoms with Crippen LogP contribution in [-0.2, 0) is 14.4 Å². The van der Waals surface area contributed by atoms with E-state index in [1.807, 2.05) is 0 Å². The fourth-order valence-corrected chi connectivity index (χ4v) is 1.35. The quantitative estimate of drug-likeness (QED) is 0.312. The maximum atomic E-state index is 11.7. The van der Waals surface area contributed by atoms with Gasteiger partial charge in [0.2, 0.25) is 11.8 Å². The molecule has 8 heteroatoms. The van der Waals surface area contributed by atoms with E-state index in [1.54, 1.807) is 0 Å². The normalized spacial score (nSPS) is 13.4. The number of nitrogens with two attached hydrogens (primary N) is 2. The Morgan fingerprint density at radius 1 is 1.21 bits per heavy atom. The number of unbranched alkanes of at least 4 members (excludes halogenated alkanes) is 1. The Balaban J connectivity index is 4.42. The minimum atomic E-state index is -1.15. The van der Waals surface area contributed by atoms with Gasteiger partial charge in [-0.15, -0.1) is 0 Å². The second-order valence-electron chi connectivity index (χ2n) is 4.25. The smallest absolute Gasteiger partial charge is 0.322 e. The molecule has 110 valence electrons. The fraction of sp³-hybridized carbons (Fsp3) is 0.727. The Kier molecular flexibility index (Phi) is 8.47. The summed E-state index contributed by atoms with van der Waals surface area (Å²) in [5.74, 6) is -2.13. The molecule has 0 aromatic rings. The first kappa shape index (κ1) is 17.3. The number of hydrogen-bond donors (Lipinski definition) is 5. The summed E-state index contributed by atoms with van der Waals surface area (Å²) in [4.78, 5) is 33.6. The van der Waals surface area contributed by atoms with Crippen LogP contribution in [0.3, 0.4) is 0 Å². The fourth-order valence-electron chi connectivity index (χ4n) is 1.35. The summed E-state index contributed by atoms with van der Waals surface area (Å²) in [7, 11) is 0. The molecule has 0 rings (SSSR count). The summed E-state index contributed by atoms with van der Waals surface area (Å²) in [5.41, 5.74) is 10.8. The predicted octanol–water partition coefficient (Wildman–Crippen LogP) is -1.85. The lowest BCUT2D eigenvalue weighted by Gasteiger charge is -2.19. The number of nitrogens with one attached hydrogen (secondary N) is 2. The summed E-state index contributed by atoms with van der Waals surface area (Å²) in [6, 6.07) is -1.52. The first-order chi connectivity index (χ1) is 8.88. The van der Waals surface area contributed by atoms with Crippen molar-refractivity contribution in [1.82, 2.24) is 10.6 Å². The van der Waals surface area contributed by atoms with E-state index in [0.717, 1.165) is 6.42 Å². The van der Waals surface area contributed by atoms with Crippen LogP contribution in [0.15, 0.2) is 0 Å². The van der Waals surface area contributed by atoms with Crippen molar-refractivity contribution in [1.29, 1.82) is 0 Å². The lowest BCUT2D eigenvalue weighted by atomic mass is 10.1. The van der Waals surface area contributed by atoms with Crippen LogP contribution in [-0.4, -0.2) is 48.1 Å². The minimum Gasteiger partial charge on any atom is -0.480 e. The molecule has 0 bridgehead atoms. The molecule has 0 aromatic heterocycles. The number of carboxylic acid groups (broad SMARTS) is 1. The molecule has 0 aliphatic heterocycles. The van der Waals surface area contributed by atoms with Crippen LogP contribution in [0, 0.1) is 0 Å². The molecule has 2 atom stereocenters. The molecule has 8 nitrogen and oxygen atoms in total. The third-order valence-corrected chi connectivity index (χ3v) is 2.41. The molecule has 0 aliphatic rings. The molecule has 2 unspecified atom stereocenters. The van der Waals surface area contributed by atoms with Crippen molar-refractivity contribution in [2.45, 2.75) is 38.3 Å². The Labute approximate surface area is 111 Å². The SMILES string of the molecule is CC(N)C(=O)NC(CCCCN)C(=O)NCC(=O)O. The van der Waals surface area contributed by atoms with Gasteiger partial charge in [-0.25, -0.2) is 0 Å². The molecule has 0 fully saturated rings. The molecule has 0 aromatic carbocycles. The van der Waals surface area contributed by atoms with E-state index in [-0.39, 0.29) is 0 Å². The van der Waals surface area contributed by atoms with Gasteiger partial charge in [0.1, 0.15) is 12.6 Å². The van der Waals surface area contributed by atoms with Crippen molar-refractivity contribution in [3.63, 3.8) is 0 Å². The summed E-state index contributed by atoms with van der Waals surface area (Å²) in [5, 5.41) is 13.2. The second kappa shape index (κ2) is 9.29. The zero-order valence-corrected chi connectivity index (χ0v) is 11.0. The Morgan fingerprint density at radius 2 is 1.84 bits per heavy atom. The van der Waals surface area contributed by atoms with Crippen LogP contribution >= 0.6 is 0 Å². The number of rotatable bonds is 9. The van der Waals surface area contributed by atoms with Crippen LogP contribution in [0.25, 0.3) is 0 Å². The Morgan fingerprint density at radius 3 is 2.32 bits per heavy atom. The molecular formula is C11H22N4O4. The molecule has 0 saturated carbocycles. The first-order valence-electron chi connectivity index (χ1n) is 6.14. The predicted molar refractivity (Wildman–Crippen MR) is 69.1 cm³/mol. The van der Waals surface area contributed by atoms with E-state index in [4.69, 9.17) is 16.6 Å². The molecule has 2 amide bonds. The highest BCUT2D eigenvalue weighted by atomic mass is 16.4. The van der Waals surface area contributed by atoms with Crippen molar-refractivity contribution in [3.8, 4) is 0 Å². The summed E-state index contributed by atoms with van der Waals surface area (Å²) in [6.45, 7) is 1.51. The van der Waals surface area contributed by atoms with Crippen molar-refractivity contribution < 1.29 is 19.5 Å². The molecular weight excluding hydrogens is 252 g/mol. The second-order valence-corrected chi connectivity index (χ2v) is 4.25. The number of hydrogen-bond acceptors (Lipinski definition) is 5. The third-order valence-electron chi connectivity index (χ3n) is 2.41. The highest BCUT2D eigenvalue weighted by Crippen LogP contribution is 2.01. The lowest BCUT2D eigenvalue weighted by Crippen LogP contribution is -2.51. The first-order valence-corrected chi connectivity index (χ1v) is 6.14. The number of carboxylic acids is 1. The molecule has 0 radical (unpaired) electrons. The highest BCUT2D eigenvalue weighted by molar-refractivity contribution is 5.90. The molecule has 19 heavy (non-hydrogen) atoms. The Hall–Kier alpha value is -1.67. The van der Waals surface area contributed by atoms with Crippen molar-refractivity contribution in [3.05, 3.63) is 0 Å². The van der Waals surface area contributed by atoms with Gasteiger partial charge in [0.25, 0.3) is 0 Å². The van der Waals surface area contributed by atoms with Crippen LogP contribution in [0.1, 0.15) is 26.2 Å². The third kappa shape index (κ3) is 8.11. The van der Waals surface area contributed by atoms with Crippen molar-refractivity contribution >= 4 is 17.8 Å². The number of carbonyl (C=O) groups excluding carboxylic acids is 2. The van der Waals surface area contributed by atoms with Crippen LogP contribution in [0.5, 0.6) is 0 Å². The zero-order valence-electron chi connectivity index (χ0n) is 11.0. The monoisotopic (exact) mass is 274 g/mol. The van der Waals surface area contributed by atoms with Gasteiger partial charge in [0, 0.05) is 0 Å². The van der Waals surface area contributed by atoms with E-state index in [9.17, 15) is 14.4 Å². The number of amides is 2. The summed E-state index contributed by atoms with van der Waals surface area (Å²) >= 11 is 0. The number of carbonyl (C=O) groups is 3. The van der Waals surface area contributed by atoms with Crippen LogP contribution in [0.4, 0.5) is 0 Å². The lowest BCUT2D eigenvalue weighted by molar-refractivity contribution is -0.138. The maximum Gasteiger partial charge on any atom is 0.322 e. The van der Waals surface area contributed by atoms with Crippen LogP contribution in [0.2, 0.25) is 0 Å². The van der Waals surface area contributed by atoms with Gasteiger partial charge in [0.05, 0.1) is 6.04 Å². The van der Waals surface area contributed by atoms with E-state index >= 15 is 0 Å². The van der Waals surface area contributed by atoms with Gasteiger partial charge in [-0.05, 0) is 32.7 Å². The van der Waals surface area contributed by atoms with E-state index in [2.05, 4.69) is 10.6 Å². The minimum absolute atomic E-state index is 0.390. The topological polar surface area (TPSA) is 148 Å². The van der Waals surface area contributed by atoms with E-state index < -0.39 is 36.4 Å². The average Bonchev–Trinajstić information content (AvgIpc) is 2.34. The Bertz CT molecular complexity index is 320. The van der Waals surface area contributed by atoms with Gasteiger partial charge in [-0.3, -0.25) is 14.4 Å². The molecule has 0 aliphatic carbocycles. The van der Waals surface area contributed by atoms with Gasteiger partial charge in [-0.1, -0.05) is 0 Å². The van der Waals surface area contributed by atoms with Crippen molar-refractivity contribution in [2.75, 3.05) is 13.1 Å². The average molecular weight is 274 g/mol. The summed E-state index contributed by atoms with van der Waals surface area (Å²) in [6.07, 6.45) is 1.76. The molecule has 0 spiro atoms. The maximum absolute atomic E-state index is 11.7. The van der Waals surface area contributed by atoms with Crippen molar-refractivity contribution in [2.24, 2.45) is 11.5 Å². The molecule has 0 heterocycles. The zero-order chi connectivity index (χ0) is 14.8. The standard InChI is InChI=1S/C11H22N4O4/c1-7(13)10(18)15-8(4-2-3-5-12)11(19)14-6-9(16)17/h7-8H,2-6,12-13H2,1H3,(H,14,19)(H,15,18)(H,16,17). The van der Waals surface area contributed by atoms with Gasteiger partial charge >= 0.3 is 5.97 Å². The van der Waals surface area contributed by atoms with Crippen LogP contribution < -0.4 is 22.1 Å². The summed E-state index contributed by atoms with van der Waals surface area (Å²) < 4.78 is 0.